The lowest BCUT2D eigenvalue weighted by atomic mass is 10.0. The standard InChI is InChI=1S/C25H24F2N2O4S/c26-19-7-5-18(6-8-19)17-33-24-4-2-1-3-23(24)25(30)29-15-13-21(14-16-29)28-34(31,32)22-11-9-20(27)10-12-22/h1-12,21,28H,13-17H2. The summed E-state index contributed by atoms with van der Waals surface area (Å²) in [4.78, 5) is 14.8. The minimum absolute atomic E-state index is 0.000336. The van der Waals surface area contributed by atoms with Gasteiger partial charge in [0.25, 0.3) is 5.91 Å². The lowest BCUT2D eigenvalue weighted by molar-refractivity contribution is 0.0706. The van der Waals surface area contributed by atoms with E-state index in [4.69, 9.17) is 4.74 Å². The van der Waals surface area contributed by atoms with Crippen molar-refractivity contribution in [2.75, 3.05) is 13.1 Å². The fourth-order valence-corrected chi connectivity index (χ4v) is 5.09. The van der Waals surface area contributed by atoms with Crippen LogP contribution in [0.3, 0.4) is 0 Å². The minimum atomic E-state index is -3.77. The smallest absolute Gasteiger partial charge is 0.257 e. The third-order valence-corrected chi connectivity index (χ3v) is 7.19. The number of carbonyl (C=O) groups excluding carboxylic acids is 1. The lowest BCUT2D eigenvalue weighted by Crippen LogP contribution is -2.46. The molecule has 0 spiro atoms. The fourth-order valence-electron chi connectivity index (χ4n) is 3.78. The van der Waals surface area contributed by atoms with Gasteiger partial charge in [-0.2, -0.15) is 0 Å². The Morgan fingerprint density at radius 2 is 1.50 bits per heavy atom. The second-order valence-electron chi connectivity index (χ2n) is 8.05. The normalized spacial score (nSPS) is 14.7. The molecule has 1 amide bonds. The molecule has 0 unspecified atom stereocenters. The van der Waals surface area contributed by atoms with Gasteiger partial charge in [0.15, 0.2) is 0 Å². The summed E-state index contributed by atoms with van der Waals surface area (Å²) in [6.07, 6.45) is 0.898. The number of hydrogen-bond donors (Lipinski definition) is 1. The molecule has 1 saturated heterocycles. The number of ether oxygens (including phenoxy) is 1. The number of nitrogens with zero attached hydrogens (tertiary/aromatic N) is 1. The molecule has 1 aliphatic heterocycles. The third kappa shape index (κ3) is 5.78. The number of para-hydroxylation sites is 1. The number of likely N-dealkylation sites (tertiary alicyclic amines) is 1. The highest BCUT2D eigenvalue weighted by Crippen LogP contribution is 2.24. The van der Waals surface area contributed by atoms with Crippen LogP contribution >= 0.6 is 0 Å². The molecule has 1 N–H and O–H groups in total. The summed E-state index contributed by atoms with van der Waals surface area (Å²) < 4.78 is 59.8. The summed E-state index contributed by atoms with van der Waals surface area (Å²) in [6, 6.07) is 17.2. The summed E-state index contributed by atoms with van der Waals surface area (Å²) in [7, 11) is -3.77. The Morgan fingerprint density at radius 1 is 0.912 bits per heavy atom. The highest BCUT2D eigenvalue weighted by molar-refractivity contribution is 7.89. The molecule has 1 aliphatic rings. The van der Waals surface area contributed by atoms with Crippen LogP contribution in [0, 0.1) is 11.6 Å². The molecule has 9 heteroatoms. The van der Waals surface area contributed by atoms with Crippen LogP contribution in [0.25, 0.3) is 0 Å². The van der Waals surface area contributed by atoms with E-state index >= 15 is 0 Å². The molecule has 3 aromatic rings. The summed E-state index contributed by atoms with van der Waals surface area (Å²) in [5.41, 5.74) is 1.19. The Hall–Kier alpha value is -3.30. The molecule has 0 saturated carbocycles. The number of benzene rings is 3. The van der Waals surface area contributed by atoms with Crippen LogP contribution in [0.2, 0.25) is 0 Å². The van der Waals surface area contributed by atoms with E-state index in [1.165, 1.54) is 24.3 Å². The van der Waals surface area contributed by atoms with Crippen LogP contribution in [0.4, 0.5) is 8.78 Å². The number of piperidine rings is 1. The Labute approximate surface area is 197 Å². The van der Waals surface area contributed by atoms with Crippen molar-refractivity contribution in [3.63, 3.8) is 0 Å². The first kappa shape index (κ1) is 23.8. The van der Waals surface area contributed by atoms with E-state index in [-0.39, 0.29) is 29.3 Å². The lowest BCUT2D eigenvalue weighted by Gasteiger charge is -2.32. The Morgan fingerprint density at radius 3 is 2.15 bits per heavy atom. The van der Waals surface area contributed by atoms with Gasteiger partial charge in [0.1, 0.15) is 24.0 Å². The average Bonchev–Trinajstić information content (AvgIpc) is 2.84. The zero-order valence-corrected chi connectivity index (χ0v) is 19.1. The summed E-state index contributed by atoms with van der Waals surface area (Å²) >= 11 is 0. The molecule has 3 aromatic carbocycles. The molecule has 4 rings (SSSR count). The van der Waals surface area contributed by atoms with Crippen LogP contribution in [-0.4, -0.2) is 38.4 Å². The predicted molar refractivity (Wildman–Crippen MR) is 123 cm³/mol. The van der Waals surface area contributed by atoms with Crippen LogP contribution in [0.1, 0.15) is 28.8 Å². The number of nitrogens with one attached hydrogen (secondary N) is 1. The van der Waals surface area contributed by atoms with Gasteiger partial charge in [0.05, 0.1) is 10.5 Å². The largest absolute Gasteiger partial charge is 0.488 e. The van der Waals surface area contributed by atoms with Crippen molar-refractivity contribution in [3.8, 4) is 5.75 Å². The predicted octanol–water partition coefficient (Wildman–Crippen LogP) is 4.13. The van der Waals surface area contributed by atoms with E-state index in [0.29, 0.717) is 37.2 Å². The maximum atomic E-state index is 13.1. The van der Waals surface area contributed by atoms with Gasteiger partial charge in [-0.1, -0.05) is 24.3 Å². The Balaban J connectivity index is 1.36. The number of halogens is 2. The first-order valence-corrected chi connectivity index (χ1v) is 12.3. The third-order valence-electron chi connectivity index (χ3n) is 5.65. The number of carbonyl (C=O) groups is 1. The molecule has 0 atom stereocenters. The molecule has 0 bridgehead atoms. The molecule has 0 aromatic heterocycles. The zero-order chi connectivity index (χ0) is 24.1. The van der Waals surface area contributed by atoms with Crippen LogP contribution in [0.5, 0.6) is 5.75 Å². The maximum absolute atomic E-state index is 13.1. The number of sulfonamides is 1. The van der Waals surface area contributed by atoms with Gasteiger partial charge in [-0.25, -0.2) is 21.9 Å². The fraction of sp³-hybridized carbons (Fsp3) is 0.240. The zero-order valence-electron chi connectivity index (χ0n) is 18.3. The summed E-state index contributed by atoms with van der Waals surface area (Å²) in [5.74, 6) is -0.610. The monoisotopic (exact) mass is 486 g/mol. The first-order chi connectivity index (χ1) is 16.3. The summed E-state index contributed by atoms with van der Waals surface area (Å²) in [5, 5.41) is 0. The van der Waals surface area contributed by atoms with Crippen molar-refractivity contribution >= 4 is 15.9 Å². The SMILES string of the molecule is O=C(c1ccccc1OCc1ccc(F)cc1)N1CCC(NS(=O)(=O)c2ccc(F)cc2)CC1. The second kappa shape index (κ2) is 10.3. The molecule has 0 radical (unpaired) electrons. The van der Waals surface area contributed by atoms with Crippen LogP contribution < -0.4 is 9.46 Å². The Kier molecular flexibility index (Phi) is 7.23. The van der Waals surface area contributed by atoms with Gasteiger partial charge in [-0.05, 0) is 66.9 Å². The molecule has 34 heavy (non-hydrogen) atoms. The molecule has 1 heterocycles. The maximum Gasteiger partial charge on any atom is 0.257 e. The molecule has 1 fully saturated rings. The van der Waals surface area contributed by atoms with E-state index in [1.54, 1.807) is 41.3 Å². The number of hydrogen-bond acceptors (Lipinski definition) is 4. The van der Waals surface area contributed by atoms with E-state index in [0.717, 1.165) is 17.7 Å². The molecule has 6 nitrogen and oxygen atoms in total. The van der Waals surface area contributed by atoms with E-state index in [2.05, 4.69) is 4.72 Å². The quantitative estimate of drug-likeness (QED) is 0.545. The van der Waals surface area contributed by atoms with Crippen molar-refractivity contribution in [2.45, 2.75) is 30.4 Å². The van der Waals surface area contributed by atoms with E-state index in [1.807, 2.05) is 0 Å². The second-order valence-corrected chi connectivity index (χ2v) is 9.77. The van der Waals surface area contributed by atoms with Gasteiger partial charge in [0, 0.05) is 19.1 Å². The Bertz CT molecular complexity index is 1240. The van der Waals surface area contributed by atoms with Gasteiger partial charge in [-0.15, -0.1) is 0 Å². The molecular formula is C25H24F2N2O4S. The highest BCUT2D eigenvalue weighted by Gasteiger charge is 2.28. The molecular weight excluding hydrogens is 462 g/mol. The van der Waals surface area contributed by atoms with Crippen molar-refractivity contribution in [3.05, 3.63) is 95.6 Å². The van der Waals surface area contributed by atoms with Crippen molar-refractivity contribution < 1.29 is 26.7 Å². The van der Waals surface area contributed by atoms with Crippen molar-refractivity contribution in [1.29, 1.82) is 0 Å². The highest BCUT2D eigenvalue weighted by atomic mass is 32.2. The van der Waals surface area contributed by atoms with Gasteiger partial charge < -0.3 is 9.64 Å². The van der Waals surface area contributed by atoms with E-state index in [9.17, 15) is 22.0 Å². The first-order valence-electron chi connectivity index (χ1n) is 10.9. The summed E-state index contributed by atoms with van der Waals surface area (Å²) in [6.45, 7) is 0.946. The molecule has 178 valence electrons. The van der Waals surface area contributed by atoms with Gasteiger partial charge >= 0.3 is 0 Å². The van der Waals surface area contributed by atoms with Crippen molar-refractivity contribution in [1.82, 2.24) is 9.62 Å². The number of rotatable bonds is 7. The van der Waals surface area contributed by atoms with Gasteiger partial charge in [0.2, 0.25) is 10.0 Å². The van der Waals surface area contributed by atoms with Crippen molar-refractivity contribution in [2.24, 2.45) is 0 Å². The van der Waals surface area contributed by atoms with Gasteiger partial charge in [-0.3, -0.25) is 4.79 Å². The topological polar surface area (TPSA) is 75.7 Å². The average molecular weight is 487 g/mol. The number of amides is 1. The molecule has 0 aliphatic carbocycles. The minimum Gasteiger partial charge on any atom is -0.488 e. The van der Waals surface area contributed by atoms with Crippen LogP contribution in [-0.2, 0) is 16.6 Å². The van der Waals surface area contributed by atoms with Crippen LogP contribution in [0.15, 0.2) is 77.7 Å². The van der Waals surface area contributed by atoms with E-state index < -0.39 is 15.8 Å².